The van der Waals surface area contributed by atoms with Crippen molar-refractivity contribution in [2.45, 2.75) is 0 Å². The summed E-state index contributed by atoms with van der Waals surface area (Å²) in [6, 6.07) is 9.05. The van der Waals surface area contributed by atoms with E-state index >= 15 is 0 Å². The van der Waals surface area contributed by atoms with E-state index in [1.165, 1.54) is 6.20 Å². The number of rotatable bonds is 4. The van der Waals surface area contributed by atoms with E-state index in [1.807, 2.05) is 24.3 Å². The molecule has 18 heavy (non-hydrogen) atoms. The highest BCUT2D eigenvalue weighted by molar-refractivity contribution is 5.80. The van der Waals surface area contributed by atoms with Gasteiger partial charge in [-0.25, -0.2) is 9.78 Å². The molecule has 0 radical (unpaired) electrons. The van der Waals surface area contributed by atoms with Crippen molar-refractivity contribution in [3.05, 3.63) is 52.6 Å². The Morgan fingerprint density at radius 2 is 2.11 bits per heavy atom. The molecule has 2 rings (SSSR count). The molecule has 6 nitrogen and oxygen atoms in total. The van der Waals surface area contributed by atoms with Crippen LogP contribution in [-0.2, 0) is 0 Å². The fourth-order valence-corrected chi connectivity index (χ4v) is 1.30. The number of ether oxygens (including phenoxy) is 1. The third-order valence-corrected chi connectivity index (χ3v) is 2.19. The van der Waals surface area contributed by atoms with Gasteiger partial charge in [0.15, 0.2) is 0 Å². The van der Waals surface area contributed by atoms with Gasteiger partial charge in [0.05, 0.1) is 13.3 Å². The lowest BCUT2D eigenvalue weighted by atomic mass is 10.2. The van der Waals surface area contributed by atoms with Gasteiger partial charge in [-0.05, 0) is 35.9 Å². The molecule has 0 aliphatic heterocycles. The number of nitrogens with one attached hydrogen (secondary N) is 2. The minimum atomic E-state index is -0.417. The monoisotopic (exact) mass is 244 g/mol. The summed E-state index contributed by atoms with van der Waals surface area (Å²) in [5, 5.41) is 3.99. The molecule has 0 spiro atoms. The summed E-state index contributed by atoms with van der Waals surface area (Å²) in [5.74, 6) is 1.28. The number of hydrogen-bond donors (Lipinski definition) is 2. The third-order valence-electron chi connectivity index (χ3n) is 2.19. The summed E-state index contributed by atoms with van der Waals surface area (Å²) in [5.41, 5.74) is 3.20. The Morgan fingerprint density at radius 3 is 2.78 bits per heavy atom. The molecular weight excluding hydrogens is 232 g/mol. The van der Waals surface area contributed by atoms with Crippen molar-refractivity contribution in [1.82, 2.24) is 9.97 Å². The summed E-state index contributed by atoms with van der Waals surface area (Å²) in [6.45, 7) is 0. The smallest absolute Gasteiger partial charge is 0.346 e. The van der Waals surface area contributed by atoms with Gasteiger partial charge in [0.25, 0.3) is 0 Å². The molecule has 92 valence electrons. The lowest BCUT2D eigenvalue weighted by Crippen LogP contribution is -2.10. The zero-order valence-corrected chi connectivity index (χ0v) is 9.75. The fourth-order valence-electron chi connectivity index (χ4n) is 1.30. The van der Waals surface area contributed by atoms with Gasteiger partial charge >= 0.3 is 5.69 Å². The number of aromatic nitrogens is 2. The molecule has 0 fully saturated rings. The third kappa shape index (κ3) is 3.18. The molecular formula is C12H12N4O2. The maximum atomic E-state index is 10.9. The number of anilines is 1. The Labute approximate surface area is 103 Å². The van der Waals surface area contributed by atoms with Gasteiger partial charge in [0.1, 0.15) is 11.6 Å². The Morgan fingerprint density at radius 1 is 1.33 bits per heavy atom. The zero-order chi connectivity index (χ0) is 12.8. The van der Waals surface area contributed by atoms with Crippen LogP contribution in [0.5, 0.6) is 5.75 Å². The van der Waals surface area contributed by atoms with Crippen LogP contribution in [0.4, 0.5) is 5.82 Å². The molecule has 0 saturated heterocycles. The summed E-state index contributed by atoms with van der Waals surface area (Å²) in [7, 11) is 1.62. The van der Waals surface area contributed by atoms with Crippen molar-refractivity contribution in [3.8, 4) is 5.75 Å². The molecule has 0 aliphatic rings. The van der Waals surface area contributed by atoms with E-state index in [4.69, 9.17) is 4.74 Å². The van der Waals surface area contributed by atoms with Crippen molar-refractivity contribution in [2.24, 2.45) is 5.10 Å². The van der Waals surface area contributed by atoms with E-state index in [1.54, 1.807) is 19.4 Å². The maximum Gasteiger partial charge on any atom is 0.346 e. The van der Waals surface area contributed by atoms with Crippen LogP contribution in [0.2, 0.25) is 0 Å². The molecule has 0 amide bonds. The molecule has 0 unspecified atom stereocenters. The quantitative estimate of drug-likeness (QED) is 0.626. The average Bonchev–Trinajstić information content (AvgIpc) is 2.40. The summed E-state index contributed by atoms with van der Waals surface area (Å²) >= 11 is 0. The topological polar surface area (TPSA) is 79.4 Å². The molecule has 1 aromatic carbocycles. The summed E-state index contributed by atoms with van der Waals surface area (Å²) < 4.78 is 5.05. The predicted molar refractivity (Wildman–Crippen MR) is 69.1 cm³/mol. The second-order valence-electron chi connectivity index (χ2n) is 3.43. The summed E-state index contributed by atoms with van der Waals surface area (Å²) in [4.78, 5) is 16.9. The number of H-pyrrole nitrogens is 1. The minimum absolute atomic E-state index is 0.417. The van der Waals surface area contributed by atoms with Gasteiger partial charge in [-0.2, -0.15) is 5.10 Å². The van der Waals surface area contributed by atoms with Crippen LogP contribution in [0.1, 0.15) is 5.56 Å². The number of aromatic amines is 1. The molecule has 1 aromatic heterocycles. The highest BCUT2D eigenvalue weighted by atomic mass is 16.5. The Hall–Kier alpha value is -2.63. The number of hydrazone groups is 1. The molecule has 0 bridgehead atoms. The SMILES string of the molecule is COc1ccc(/C=N/Nc2ccnc(=O)[nH]2)cc1. The Balaban J connectivity index is 2.00. The Bertz CT molecular complexity index is 590. The molecule has 0 saturated carbocycles. The van der Waals surface area contributed by atoms with E-state index in [2.05, 4.69) is 20.5 Å². The van der Waals surface area contributed by atoms with Crippen LogP contribution >= 0.6 is 0 Å². The van der Waals surface area contributed by atoms with Crippen molar-refractivity contribution in [3.63, 3.8) is 0 Å². The molecule has 2 N–H and O–H groups in total. The summed E-state index contributed by atoms with van der Waals surface area (Å²) in [6.07, 6.45) is 3.04. The largest absolute Gasteiger partial charge is 0.497 e. The van der Waals surface area contributed by atoms with Crippen LogP contribution in [0.15, 0.2) is 46.4 Å². The van der Waals surface area contributed by atoms with Crippen molar-refractivity contribution < 1.29 is 4.74 Å². The predicted octanol–water partition coefficient (Wildman–Crippen LogP) is 1.22. The van der Waals surface area contributed by atoms with Crippen molar-refractivity contribution >= 4 is 12.0 Å². The van der Waals surface area contributed by atoms with Gasteiger partial charge in [-0.1, -0.05) is 0 Å². The standard InChI is InChI=1S/C12H12N4O2/c1-18-10-4-2-9(3-5-10)8-14-16-11-6-7-13-12(17)15-11/h2-8H,1H3,(H2,13,15,16,17)/b14-8+. The van der Waals surface area contributed by atoms with E-state index in [9.17, 15) is 4.79 Å². The van der Waals surface area contributed by atoms with Gasteiger partial charge in [-0.3, -0.25) is 10.4 Å². The van der Waals surface area contributed by atoms with E-state index in [-0.39, 0.29) is 0 Å². The molecule has 1 heterocycles. The number of hydrogen-bond acceptors (Lipinski definition) is 5. The van der Waals surface area contributed by atoms with Gasteiger partial charge in [-0.15, -0.1) is 0 Å². The Kier molecular flexibility index (Phi) is 3.70. The normalized spacial score (nSPS) is 10.5. The van der Waals surface area contributed by atoms with Crippen LogP contribution < -0.4 is 15.9 Å². The average molecular weight is 244 g/mol. The van der Waals surface area contributed by atoms with E-state index in [0.29, 0.717) is 5.82 Å². The first kappa shape index (κ1) is 11.8. The molecule has 6 heteroatoms. The first-order chi connectivity index (χ1) is 8.78. The van der Waals surface area contributed by atoms with Crippen LogP contribution in [0.25, 0.3) is 0 Å². The highest BCUT2D eigenvalue weighted by Gasteiger charge is 1.92. The number of methoxy groups -OCH3 is 1. The van der Waals surface area contributed by atoms with Crippen molar-refractivity contribution in [1.29, 1.82) is 0 Å². The molecule has 0 aliphatic carbocycles. The molecule has 0 atom stereocenters. The van der Waals surface area contributed by atoms with Crippen molar-refractivity contribution in [2.75, 3.05) is 12.5 Å². The minimum Gasteiger partial charge on any atom is -0.497 e. The van der Waals surface area contributed by atoms with E-state index < -0.39 is 5.69 Å². The fraction of sp³-hybridized carbons (Fsp3) is 0.0833. The zero-order valence-electron chi connectivity index (χ0n) is 9.75. The second kappa shape index (κ2) is 5.62. The van der Waals surface area contributed by atoms with E-state index in [0.717, 1.165) is 11.3 Å². The number of benzene rings is 1. The lowest BCUT2D eigenvalue weighted by molar-refractivity contribution is 0.415. The van der Waals surface area contributed by atoms with Gasteiger partial charge < -0.3 is 4.74 Å². The first-order valence-corrected chi connectivity index (χ1v) is 5.26. The van der Waals surface area contributed by atoms with Crippen LogP contribution in [0, 0.1) is 0 Å². The number of nitrogens with zero attached hydrogens (tertiary/aromatic N) is 2. The first-order valence-electron chi connectivity index (χ1n) is 5.26. The van der Waals surface area contributed by atoms with Crippen LogP contribution in [-0.4, -0.2) is 23.3 Å². The lowest BCUT2D eigenvalue weighted by Gasteiger charge is -2.00. The second-order valence-corrected chi connectivity index (χ2v) is 3.43. The maximum absolute atomic E-state index is 10.9. The van der Waals surface area contributed by atoms with Gasteiger partial charge in [0.2, 0.25) is 0 Å². The van der Waals surface area contributed by atoms with Gasteiger partial charge in [0, 0.05) is 6.20 Å². The van der Waals surface area contributed by atoms with Crippen LogP contribution in [0.3, 0.4) is 0 Å². The molecule has 2 aromatic rings. The highest BCUT2D eigenvalue weighted by Crippen LogP contribution is 2.09.